The molecular weight excluding hydrogens is 202 g/mol. The largest absolute Gasteiger partial charge is 0.435 e. The van der Waals surface area contributed by atoms with Crippen molar-refractivity contribution in [3.05, 3.63) is 29.3 Å². The van der Waals surface area contributed by atoms with Gasteiger partial charge in [0, 0.05) is 17.5 Å². The summed E-state index contributed by atoms with van der Waals surface area (Å²) in [6.07, 6.45) is 0.346. The van der Waals surface area contributed by atoms with Crippen molar-refractivity contribution in [2.24, 2.45) is 0 Å². The maximum atomic E-state index is 12.0. The van der Waals surface area contributed by atoms with Crippen LogP contribution in [0, 0.1) is 6.92 Å². The molecule has 0 aliphatic heterocycles. The molecule has 0 saturated heterocycles. The summed E-state index contributed by atoms with van der Waals surface area (Å²) in [6, 6.07) is 4.57. The highest BCUT2D eigenvalue weighted by molar-refractivity contribution is 5.97. The topological polar surface area (TPSA) is 26.3 Å². The number of hydrogen-bond acceptors (Lipinski definition) is 2. The zero-order valence-corrected chi connectivity index (χ0v) is 8.59. The smallest absolute Gasteiger partial charge is 0.387 e. The Hall–Kier alpha value is -1.45. The van der Waals surface area contributed by atoms with Gasteiger partial charge in [-0.3, -0.25) is 4.79 Å². The van der Waals surface area contributed by atoms with Gasteiger partial charge in [0.15, 0.2) is 5.78 Å². The number of benzene rings is 1. The van der Waals surface area contributed by atoms with Gasteiger partial charge in [-0.2, -0.15) is 8.78 Å². The maximum Gasteiger partial charge on any atom is 0.387 e. The van der Waals surface area contributed by atoms with Crippen molar-refractivity contribution >= 4 is 5.78 Å². The lowest BCUT2D eigenvalue weighted by Crippen LogP contribution is -2.06. The van der Waals surface area contributed by atoms with E-state index in [1.807, 2.05) is 0 Å². The first-order valence-electron chi connectivity index (χ1n) is 4.64. The van der Waals surface area contributed by atoms with Crippen LogP contribution in [0.1, 0.15) is 29.3 Å². The van der Waals surface area contributed by atoms with Gasteiger partial charge in [0.25, 0.3) is 0 Å². The summed E-state index contributed by atoms with van der Waals surface area (Å²) in [4.78, 5) is 11.4. The Morgan fingerprint density at radius 2 is 2.13 bits per heavy atom. The normalized spacial score (nSPS) is 10.5. The van der Waals surface area contributed by atoms with Crippen LogP contribution in [0.15, 0.2) is 18.2 Å². The predicted octanol–water partition coefficient (Wildman–Crippen LogP) is 3.19. The zero-order valence-electron chi connectivity index (χ0n) is 8.59. The average Bonchev–Trinajstić information content (AvgIpc) is 2.19. The second-order valence-corrected chi connectivity index (χ2v) is 3.08. The highest BCUT2D eigenvalue weighted by Gasteiger charge is 2.13. The van der Waals surface area contributed by atoms with Gasteiger partial charge < -0.3 is 4.74 Å². The summed E-state index contributed by atoms with van der Waals surface area (Å²) in [5, 5.41) is 0. The molecule has 1 rings (SSSR count). The van der Waals surface area contributed by atoms with E-state index in [2.05, 4.69) is 4.74 Å². The van der Waals surface area contributed by atoms with Gasteiger partial charge in [-0.15, -0.1) is 0 Å². The predicted molar refractivity (Wildman–Crippen MR) is 52.4 cm³/mol. The molecule has 0 aliphatic rings. The summed E-state index contributed by atoms with van der Waals surface area (Å²) in [5.74, 6) is -0.0171. The first-order valence-corrected chi connectivity index (χ1v) is 4.64. The van der Waals surface area contributed by atoms with Gasteiger partial charge in [0.05, 0.1) is 0 Å². The van der Waals surface area contributed by atoms with Crippen LogP contribution < -0.4 is 4.74 Å². The van der Waals surface area contributed by atoms with E-state index in [1.165, 1.54) is 12.1 Å². The van der Waals surface area contributed by atoms with Crippen molar-refractivity contribution in [3.8, 4) is 5.75 Å². The van der Waals surface area contributed by atoms with Gasteiger partial charge in [0.2, 0.25) is 0 Å². The number of hydrogen-bond donors (Lipinski definition) is 0. The molecule has 15 heavy (non-hydrogen) atoms. The number of alkyl halides is 2. The molecule has 0 unspecified atom stereocenters. The Balaban J connectivity index is 3.05. The van der Waals surface area contributed by atoms with E-state index in [0.29, 0.717) is 17.5 Å². The molecule has 4 heteroatoms. The number of carbonyl (C=O) groups is 1. The molecule has 0 aliphatic carbocycles. The van der Waals surface area contributed by atoms with Crippen molar-refractivity contribution in [2.45, 2.75) is 26.9 Å². The molecule has 0 spiro atoms. The summed E-state index contributed by atoms with van der Waals surface area (Å²) < 4.78 is 28.3. The van der Waals surface area contributed by atoms with Crippen LogP contribution in [0.25, 0.3) is 0 Å². The van der Waals surface area contributed by atoms with E-state index in [9.17, 15) is 13.6 Å². The lowest BCUT2D eigenvalue weighted by Gasteiger charge is -2.10. The van der Waals surface area contributed by atoms with Crippen molar-refractivity contribution in [3.63, 3.8) is 0 Å². The lowest BCUT2D eigenvalue weighted by atomic mass is 10.0. The minimum Gasteiger partial charge on any atom is -0.435 e. The van der Waals surface area contributed by atoms with E-state index >= 15 is 0 Å². The van der Waals surface area contributed by atoms with Gasteiger partial charge in [-0.05, 0) is 13.0 Å². The number of Topliss-reactive ketones (excluding diaryl/α,β-unsaturated/α-hetero) is 1. The molecule has 0 radical (unpaired) electrons. The van der Waals surface area contributed by atoms with E-state index < -0.39 is 6.61 Å². The molecule has 82 valence electrons. The van der Waals surface area contributed by atoms with Crippen LogP contribution in [-0.2, 0) is 0 Å². The van der Waals surface area contributed by atoms with Crippen molar-refractivity contribution in [1.29, 1.82) is 0 Å². The zero-order chi connectivity index (χ0) is 11.4. The van der Waals surface area contributed by atoms with Gasteiger partial charge in [-0.1, -0.05) is 19.1 Å². The van der Waals surface area contributed by atoms with Crippen LogP contribution in [0.2, 0.25) is 0 Å². The molecule has 0 atom stereocenters. The molecule has 0 heterocycles. The van der Waals surface area contributed by atoms with Crippen LogP contribution in [0.4, 0.5) is 8.78 Å². The Bertz CT molecular complexity index is 362. The summed E-state index contributed by atoms with van der Waals surface area (Å²) in [5.41, 5.74) is 0.903. The highest BCUT2D eigenvalue weighted by atomic mass is 19.3. The van der Waals surface area contributed by atoms with Crippen molar-refractivity contribution in [2.75, 3.05) is 0 Å². The van der Waals surface area contributed by atoms with Crippen LogP contribution in [0.5, 0.6) is 5.75 Å². The van der Waals surface area contributed by atoms with E-state index in [4.69, 9.17) is 0 Å². The molecule has 0 aromatic heterocycles. The number of carbonyl (C=O) groups excluding carboxylic acids is 1. The van der Waals surface area contributed by atoms with E-state index in [-0.39, 0.29) is 11.5 Å². The summed E-state index contributed by atoms with van der Waals surface area (Å²) in [6.45, 7) is 0.457. The number of ketones is 1. The Kier molecular flexibility index (Phi) is 3.77. The molecule has 0 fully saturated rings. The Morgan fingerprint density at radius 1 is 1.47 bits per heavy atom. The monoisotopic (exact) mass is 214 g/mol. The number of ether oxygens (including phenoxy) is 1. The number of rotatable bonds is 4. The van der Waals surface area contributed by atoms with Crippen molar-refractivity contribution < 1.29 is 18.3 Å². The quantitative estimate of drug-likeness (QED) is 0.719. The summed E-state index contributed by atoms with van der Waals surface area (Å²) in [7, 11) is 0. The fourth-order valence-corrected chi connectivity index (χ4v) is 1.33. The van der Waals surface area contributed by atoms with Gasteiger partial charge in [-0.25, -0.2) is 0 Å². The molecule has 1 aromatic rings. The molecule has 0 saturated carbocycles. The molecule has 0 amide bonds. The third kappa shape index (κ3) is 2.75. The average molecular weight is 214 g/mol. The minimum atomic E-state index is -2.87. The lowest BCUT2D eigenvalue weighted by molar-refractivity contribution is -0.0503. The van der Waals surface area contributed by atoms with Crippen LogP contribution >= 0.6 is 0 Å². The van der Waals surface area contributed by atoms with Crippen LogP contribution in [-0.4, -0.2) is 12.4 Å². The second kappa shape index (κ2) is 4.87. The van der Waals surface area contributed by atoms with Crippen LogP contribution in [0.3, 0.4) is 0 Å². The standard InChI is InChI=1S/C11H12F2O2/c1-3-9(14)8-5-4-6-10(7(8)2)15-11(12)13/h4-6,11H,3H2,1-2H3. The third-order valence-corrected chi connectivity index (χ3v) is 2.12. The van der Waals surface area contributed by atoms with Gasteiger partial charge in [0.1, 0.15) is 5.75 Å². The van der Waals surface area contributed by atoms with Crippen molar-refractivity contribution in [1.82, 2.24) is 0 Å². The molecule has 0 bridgehead atoms. The molecule has 0 N–H and O–H groups in total. The second-order valence-electron chi connectivity index (χ2n) is 3.08. The maximum absolute atomic E-state index is 12.0. The van der Waals surface area contributed by atoms with E-state index in [0.717, 1.165) is 0 Å². The fraction of sp³-hybridized carbons (Fsp3) is 0.364. The number of halogens is 2. The molecular formula is C11H12F2O2. The summed E-state index contributed by atoms with van der Waals surface area (Å²) >= 11 is 0. The van der Waals surface area contributed by atoms with Gasteiger partial charge >= 0.3 is 6.61 Å². The fourth-order valence-electron chi connectivity index (χ4n) is 1.33. The Labute approximate surface area is 86.9 Å². The third-order valence-electron chi connectivity index (χ3n) is 2.12. The highest BCUT2D eigenvalue weighted by Crippen LogP contribution is 2.23. The minimum absolute atomic E-state index is 0.0595. The first-order chi connectivity index (χ1) is 7.06. The SMILES string of the molecule is CCC(=O)c1cccc(OC(F)F)c1C. The molecule has 1 aromatic carbocycles. The Morgan fingerprint density at radius 3 is 2.67 bits per heavy atom. The first kappa shape index (κ1) is 11.6. The molecule has 2 nitrogen and oxygen atoms in total. The van der Waals surface area contributed by atoms with E-state index in [1.54, 1.807) is 19.9 Å².